The molecule has 1 aromatic rings. The lowest BCUT2D eigenvalue weighted by Gasteiger charge is -2.22. The van der Waals surface area contributed by atoms with Crippen molar-refractivity contribution >= 4 is 11.6 Å². The maximum atomic E-state index is 10.9. The zero-order valence-electron chi connectivity index (χ0n) is 11.4. The number of carbonyl (C=O) groups is 1. The van der Waals surface area contributed by atoms with Gasteiger partial charge in [0.15, 0.2) is 0 Å². The van der Waals surface area contributed by atoms with Gasteiger partial charge < -0.3 is 15.4 Å². The van der Waals surface area contributed by atoms with Gasteiger partial charge in [0, 0.05) is 12.6 Å². The molecular weight excluding hydrogens is 240 g/mol. The molecule has 0 aliphatic carbocycles. The molecule has 1 aliphatic heterocycles. The van der Waals surface area contributed by atoms with E-state index in [-0.39, 0.29) is 5.91 Å². The summed E-state index contributed by atoms with van der Waals surface area (Å²) in [5, 5.41) is 6.11. The minimum Gasteiger partial charge on any atom is -0.494 e. The topological polar surface area (TPSA) is 50.4 Å². The number of piperidine rings is 1. The van der Waals surface area contributed by atoms with Crippen LogP contribution in [0.4, 0.5) is 5.69 Å². The summed E-state index contributed by atoms with van der Waals surface area (Å²) in [7, 11) is 0. The molecule has 0 radical (unpaired) electrons. The summed E-state index contributed by atoms with van der Waals surface area (Å²) in [6.07, 6.45) is 3.63. The fourth-order valence-electron chi connectivity index (χ4n) is 2.35. The third kappa shape index (κ3) is 4.91. The molecule has 0 unspecified atom stereocenters. The summed E-state index contributed by atoms with van der Waals surface area (Å²) in [6, 6.07) is 7.52. The highest BCUT2D eigenvalue weighted by atomic mass is 16.5. The van der Waals surface area contributed by atoms with E-state index in [0.29, 0.717) is 0 Å². The Kier molecular flexibility index (Phi) is 5.21. The van der Waals surface area contributed by atoms with Gasteiger partial charge in [-0.2, -0.15) is 0 Å². The Labute approximate surface area is 114 Å². The Balaban J connectivity index is 1.71. The highest BCUT2D eigenvalue weighted by molar-refractivity contribution is 5.88. The van der Waals surface area contributed by atoms with Crippen LogP contribution >= 0.6 is 0 Å². The van der Waals surface area contributed by atoms with Crippen molar-refractivity contribution in [2.45, 2.75) is 26.2 Å². The minimum absolute atomic E-state index is 0.0559. The zero-order chi connectivity index (χ0) is 13.5. The van der Waals surface area contributed by atoms with Gasteiger partial charge in [-0.05, 0) is 62.5 Å². The number of carbonyl (C=O) groups excluding carboxylic acids is 1. The van der Waals surface area contributed by atoms with E-state index >= 15 is 0 Å². The Morgan fingerprint density at radius 1 is 1.32 bits per heavy atom. The largest absolute Gasteiger partial charge is 0.494 e. The molecule has 0 aromatic heterocycles. The summed E-state index contributed by atoms with van der Waals surface area (Å²) in [5.41, 5.74) is 0.804. The van der Waals surface area contributed by atoms with E-state index in [1.165, 1.54) is 19.8 Å². The summed E-state index contributed by atoms with van der Waals surface area (Å²) in [5.74, 6) is 1.60. The lowest BCUT2D eigenvalue weighted by molar-refractivity contribution is -0.114. The van der Waals surface area contributed by atoms with E-state index < -0.39 is 0 Å². The first-order valence-electron chi connectivity index (χ1n) is 6.95. The van der Waals surface area contributed by atoms with E-state index in [1.54, 1.807) is 0 Å². The number of ether oxygens (including phenoxy) is 1. The van der Waals surface area contributed by atoms with Crippen LogP contribution < -0.4 is 15.4 Å². The van der Waals surface area contributed by atoms with Gasteiger partial charge in [-0.3, -0.25) is 4.79 Å². The van der Waals surface area contributed by atoms with Crippen molar-refractivity contribution < 1.29 is 9.53 Å². The normalized spacial score (nSPS) is 16.1. The quantitative estimate of drug-likeness (QED) is 0.856. The van der Waals surface area contributed by atoms with E-state index in [4.69, 9.17) is 4.74 Å². The van der Waals surface area contributed by atoms with Crippen LogP contribution in [0.1, 0.15) is 26.2 Å². The van der Waals surface area contributed by atoms with Gasteiger partial charge in [-0.25, -0.2) is 0 Å². The van der Waals surface area contributed by atoms with Crippen molar-refractivity contribution in [3.8, 4) is 5.75 Å². The van der Waals surface area contributed by atoms with Crippen LogP contribution in [-0.2, 0) is 4.79 Å². The van der Waals surface area contributed by atoms with Crippen molar-refractivity contribution in [2.24, 2.45) is 5.92 Å². The fourth-order valence-corrected chi connectivity index (χ4v) is 2.35. The lowest BCUT2D eigenvalue weighted by atomic mass is 9.95. The van der Waals surface area contributed by atoms with E-state index in [9.17, 15) is 4.79 Å². The zero-order valence-corrected chi connectivity index (χ0v) is 11.4. The van der Waals surface area contributed by atoms with Crippen LogP contribution in [0, 0.1) is 5.92 Å². The molecular formula is C15H22N2O2. The average Bonchev–Trinajstić information content (AvgIpc) is 2.41. The van der Waals surface area contributed by atoms with Crippen LogP contribution in [-0.4, -0.2) is 25.6 Å². The van der Waals surface area contributed by atoms with Gasteiger partial charge in [0.25, 0.3) is 0 Å². The molecule has 1 heterocycles. The van der Waals surface area contributed by atoms with Crippen molar-refractivity contribution in [1.82, 2.24) is 5.32 Å². The van der Waals surface area contributed by atoms with Gasteiger partial charge in [0.1, 0.15) is 5.75 Å². The standard InChI is InChI=1S/C15H22N2O2/c1-12(18)17-14-2-4-15(5-3-14)19-11-8-13-6-9-16-10-7-13/h2-5,13,16H,6-11H2,1H3,(H,17,18). The molecule has 1 amide bonds. The summed E-state index contributed by atoms with van der Waals surface area (Å²) >= 11 is 0. The number of benzene rings is 1. The molecule has 2 N–H and O–H groups in total. The molecule has 0 atom stereocenters. The number of hydrogen-bond acceptors (Lipinski definition) is 3. The molecule has 0 saturated carbocycles. The van der Waals surface area contributed by atoms with Gasteiger partial charge in [-0.1, -0.05) is 0 Å². The van der Waals surface area contributed by atoms with E-state index in [2.05, 4.69) is 10.6 Å². The van der Waals surface area contributed by atoms with Gasteiger partial charge >= 0.3 is 0 Å². The van der Waals surface area contributed by atoms with Crippen molar-refractivity contribution in [3.63, 3.8) is 0 Å². The predicted octanol–water partition coefficient (Wildman–Crippen LogP) is 2.41. The second-order valence-corrected chi connectivity index (χ2v) is 5.04. The molecule has 1 saturated heterocycles. The third-order valence-electron chi connectivity index (χ3n) is 3.43. The smallest absolute Gasteiger partial charge is 0.221 e. The van der Waals surface area contributed by atoms with Crippen LogP contribution in [0.2, 0.25) is 0 Å². The van der Waals surface area contributed by atoms with Crippen LogP contribution in [0.5, 0.6) is 5.75 Å². The Morgan fingerprint density at radius 3 is 2.63 bits per heavy atom. The highest BCUT2D eigenvalue weighted by Crippen LogP contribution is 2.19. The number of anilines is 1. The second-order valence-electron chi connectivity index (χ2n) is 5.04. The molecule has 19 heavy (non-hydrogen) atoms. The molecule has 4 heteroatoms. The molecule has 0 bridgehead atoms. The summed E-state index contributed by atoms with van der Waals surface area (Å²) in [6.45, 7) is 4.54. The fraction of sp³-hybridized carbons (Fsp3) is 0.533. The monoisotopic (exact) mass is 262 g/mol. The maximum absolute atomic E-state index is 10.9. The van der Waals surface area contributed by atoms with Crippen molar-refractivity contribution in [2.75, 3.05) is 25.0 Å². The van der Waals surface area contributed by atoms with Crippen molar-refractivity contribution in [3.05, 3.63) is 24.3 Å². The first-order valence-corrected chi connectivity index (χ1v) is 6.95. The highest BCUT2D eigenvalue weighted by Gasteiger charge is 2.12. The number of rotatable bonds is 5. The predicted molar refractivity (Wildman–Crippen MR) is 76.5 cm³/mol. The molecule has 4 nitrogen and oxygen atoms in total. The Morgan fingerprint density at radius 2 is 2.00 bits per heavy atom. The van der Waals surface area contributed by atoms with E-state index in [0.717, 1.165) is 43.5 Å². The summed E-state index contributed by atoms with van der Waals surface area (Å²) in [4.78, 5) is 10.9. The molecule has 1 aliphatic rings. The molecule has 0 spiro atoms. The molecule has 1 aromatic carbocycles. The minimum atomic E-state index is -0.0559. The molecule has 2 rings (SSSR count). The second kappa shape index (κ2) is 7.14. The van der Waals surface area contributed by atoms with Crippen LogP contribution in [0.15, 0.2) is 24.3 Å². The SMILES string of the molecule is CC(=O)Nc1ccc(OCCC2CCNCC2)cc1. The van der Waals surface area contributed by atoms with Crippen LogP contribution in [0.3, 0.4) is 0 Å². The molecule has 1 fully saturated rings. The van der Waals surface area contributed by atoms with Crippen LogP contribution in [0.25, 0.3) is 0 Å². The Hall–Kier alpha value is -1.55. The van der Waals surface area contributed by atoms with E-state index in [1.807, 2.05) is 24.3 Å². The third-order valence-corrected chi connectivity index (χ3v) is 3.43. The number of amides is 1. The summed E-state index contributed by atoms with van der Waals surface area (Å²) < 4.78 is 5.74. The maximum Gasteiger partial charge on any atom is 0.221 e. The number of hydrogen-bond donors (Lipinski definition) is 2. The average molecular weight is 262 g/mol. The van der Waals surface area contributed by atoms with Crippen molar-refractivity contribution in [1.29, 1.82) is 0 Å². The number of nitrogens with one attached hydrogen (secondary N) is 2. The van der Waals surface area contributed by atoms with Gasteiger partial charge in [0.05, 0.1) is 6.61 Å². The van der Waals surface area contributed by atoms with Gasteiger partial charge in [-0.15, -0.1) is 0 Å². The molecule has 104 valence electrons. The van der Waals surface area contributed by atoms with Gasteiger partial charge in [0.2, 0.25) is 5.91 Å². The first-order chi connectivity index (χ1) is 9.24. The lowest BCUT2D eigenvalue weighted by Crippen LogP contribution is -2.28. The Bertz CT molecular complexity index is 397. The first kappa shape index (κ1) is 13.9.